The number of hydrogen-bond acceptors (Lipinski definition) is 5. The molecule has 6 heteroatoms. The van der Waals surface area contributed by atoms with Crippen LogP contribution < -0.4 is 0 Å². The summed E-state index contributed by atoms with van der Waals surface area (Å²) in [5.74, 6) is 1.05. The SMILES string of the molecule is CCOC(=O)[C@@]1(Cc2ccccc2)C[C@H]2CC[C@@H]1N2C(=O)c1cnc(C2CC2)nc1. The van der Waals surface area contributed by atoms with Crippen molar-refractivity contribution in [2.45, 2.75) is 63.5 Å². The zero-order chi connectivity index (χ0) is 20.7. The fourth-order valence-corrected chi connectivity index (χ4v) is 5.36. The van der Waals surface area contributed by atoms with E-state index in [1.54, 1.807) is 12.4 Å². The quantitative estimate of drug-likeness (QED) is 0.688. The Morgan fingerprint density at radius 2 is 1.83 bits per heavy atom. The van der Waals surface area contributed by atoms with Gasteiger partial charge in [-0.05, 0) is 51.0 Å². The van der Waals surface area contributed by atoms with E-state index < -0.39 is 5.41 Å². The molecule has 6 nitrogen and oxygen atoms in total. The van der Waals surface area contributed by atoms with Gasteiger partial charge in [0.15, 0.2) is 0 Å². The normalized spacial score (nSPS) is 27.3. The maximum atomic E-state index is 13.4. The zero-order valence-corrected chi connectivity index (χ0v) is 17.3. The molecule has 3 atom stereocenters. The summed E-state index contributed by atoms with van der Waals surface area (Å²) in [4.78, 5) is 37.4. The van der Waals surface area contributed by atoms with Crippen molar-refractivity contribution in [2.24, 2.45) is 5.41 Å². The number of rotatable bonds is 6. The Balaban J connectivity index is 1.44. The van der Waals surface area contributed by atoms with E-state index in [9.17, 15) is 9.59 Å². The lowest BCUT2D eigenvalue weighted by molar-refractivity contribution is -0.157. The van der Waals surface area contributed by atoms with Crippen molar-refractivity contribution in [1.29, 1.82) is 0 Å². The van der Waals surface area contributed by atoms with E-state index in [2.05, 4.69) is 9.97 Å². The average Bonchev–Trinajstić information content (AvgIpc) is 3.48. The fraction of sp³-hybridized carbons (Fsp3) is 0.500. The van der Waals surface area contributed by atoms with Crippen LogP contribution in [0.4, 0.5) is 0 Å². The van der Waals surface area contributed by atoms with Gasteiger partial charge in [0.1, 0.15) is 5.82 Å². The van der Waals surface area contributed by atoms with Gasteiger partial charge < -0.3 is 9.64 Å². The smallest absolute Gasteiger partial charge is 0.314 e. The molecule has 0 spiro atoms. The standard InChI is InChI=1S/C24H27N3O3/c1-2-30-23(29)24(12-16-6-4-3-5-7-16)13-19-10-11-20(24)27(19)22(28)18-14-25-21(26-15-18)17-8-9-17/h3-7,14-15,17,19-20H,2,8-13H2,1H3/t19-,20+,24+/m1/s1. The van der Waals surface area contributed by atoms with Gasteiger partial charge in [-0.1, -0.05) is 30.3 Å². The molecule has 5 rings (SSSR count). The highest BCUT2D eigenvalue weighted by molar-refractivity contribution is 5.95. The van der Waals surface area contributed by atoms with Gasteiger partial charge in [-0.25, -0.2) is 9.97 Å². The van der Waals surface area contributed by atoms with Gasteiger partial charge in [-0.2, -0.15) is 0 Å². The Morgan fingerprint density at radius 3 is 2.50 bits per heavy atom. The predicted molar refractivity (Wildman–Crippen MR) is 111 cm³/mol. The van der Waals surface area contributed by atoms with Crippen molar-refractivity contribution in [3.8, 4) is 0 Å². The second kappa shape index (κ2) is 7.49. The van der Waals surface area contributed by atoms with Crippen LogP contribution in [-0.4, -0.2) is 45.4 Å². The number of carbonyl (C=O) groups excluding carboxylic acids is 2. The number of amides is 1. The van der Waals surface area contributed by atoms with Gasteiger partial charge >= 0.3 is 5.97 Å². The van der Waals surface area contributed by atoms with Crippen molar-refractivity contribution >= 4 is 11.9 Å². The summed E-state index contributed by atoms with van der Waals surface area (Å²) in [5.41, 5.74) is 0.920. The van der Waals surface area contributed by atoms with Crippen LogP contribution in [-0.2, 0) is 16.0 Å². The molecule has 1 amide bonds. The first-order valence-electron chi connectivity index (χ1n) is 11.0. The second-order valence-corrected chi connectivity index (χ2v) is 8.81. The molecule has 2 aromatic rings. The van der Waals surface area contributed by atoms with Gasteiger partial charge in [-0.3, -0.25) is 9.59 Å². The Kier molecular flexibility index (Phi) is 4.80. The summed E-state index contributed by atoms with van der Waals surface area (Å²) in [6.45, 7) is 2.18. The Morgan fingerprint density at radius 1 is 1.10 bits per heavy atom. The molecule has 1 aliphatic carbocycles. The minimum Gasteiger partial charge on any atom is -0.465 e. The lowest BCUT2D eigenvalue weighted by Gasteiger charge is -2.35. The number of esters is 1. The van der Waals surface area contributed by atoms with Crippen molar-refractivity contribution in [3.63, 3.8) is 0 Å². The van der Waals surface area contributed by atoms with Crippen LogP contribution in [0.3, 0.4) is 0 Å². The van der Waals surface area contributed by atoms with Gasteiger partial charge in [0.2, 0.25) is 0 Å². The highest BCUT2D eigenvalue weighted by atomic mass is 16.5. The topological polar surface area (TPSA) is 72.4 Å². The number of carbonyl (C=O) groups is 2. The van der Waals surface area contributed by atoms with Crippen molar-refractivity contribution in [3.05, 3.63) is 59.7 Å². The van der Waals surface area contributed by atoms with Crippen LogP contribution in [0.5, 0.6) is 0 Å². The van der Waals surface area contributed by atoms with Crippen LogP contribution in [0.25, 0.3) is 0 Å². The third-order valence-electron chi connectivity index (χ3n) is 6.88. The molecular weight excluding hydrogens is 378 g/mol. The average molecular weight is 405 g/mol. The molecule has 0 radical (unpaired) electrons. The second-order valence-electron chi connectivity index (χ2n) is 8.81. The first-order chi connectivity index (χ1) is 14.6. The Bertz CT molecular complexity index is 942. The third-order valence-corrected chi connectivity index (χ3v) is 6.88. The molecule has 3 fully saturated rings. The van der Waals surface area contributed by atoms with E-state index in [0.717, 1.165) is 37.1 Å². The largest absolute Gasteiger partial charge is 0.465 e. The number of ether oxygens (including phenoxy) is 1. The maximum absolute atomic E-state index is 13.4. The van der Waals surface area contributed by atoms with Gasteiger partial charge in [-0.15, -0.1) is 0 Å². The van der Waals surface area contributed by atoms with E-state index >= 15 is 0 Å². The first-order valence-corrected chi connectivity index (χ1v) is 11.0. The summed E-state index contributed by atoms with van der Waals surface area (Å²) in [5, 5.41) is 0. The maximum Gasteiger partial charge on any atom is 0.314 e. The highest BCUT2D eigenvalue weighted by Gasteiger charge is 2.62. The third kappa shape index (κ3) is 3.18. The molecule has 156 valence electrons. The molecule has 1 aromatic carbocycles. The molecule has 0 N–H and O–H groups in total. The van der Waals surface area contributed by atoms with Gasteiger partial charge in [0.05, 0.1) is 17.6 Å². The molecule has 3 heterocycles. The molecule has 3 aliphatic rings. The number of fused-ring (bicyclic) bond motifs is 2. The number of nitrogens with zero attached hydrogens (tertiary/aromatic N) is 3. The van der Waals surface area contributed by atoms with E-state index in [1.807, 2.05) is 42.2 Å². The van der Waals surface area contributed by atoms with Crippen molar-refractivity contribution in [2.75, 3.05) is 6.61 Å². The Hall–Kier alpha value is -2.76. The molecule has 1 aromatic heterocycles. The molecule has 2 saturated heterocycles. The Labute approximate surface area is 176 Å². The molecule has 2 aliphatic heterocycles. The lowest BCUT2D eigenvalue weighted by atomic mass is 9.70. The predicted octanol–water partition coefficient (Wildman–Crippen LogP) is 3.52. The van der Waals surface area contributed by atoms with E-state index in [-0.39, 0.29) is 24.0 Å². The summed E-state index contributed by atoms with van der Waals surface area (Å²) >= 11 is 0. The zero-order valence-electron chi connectivity index (χ0n) is 17.3. The summed E-state index contributed by atoms with van der Waals surface area (Å²) < 4.78 is 5.54. The molecule has 0 unspecified atom stereocenters. The van der Waals surface area contributed by atoms with E-state index in [4.69, 9.17) is 4.74 Å². The summed E-state index contributed by atoms with van der Waals surface area (Å²) in [6.07, 6.45) is 8.56. The summed E-state index contributed by atoms with van der Waals surface area (Å²) in [7, 11) is 0. The van der Waals surface area contributed by atoms with E-state index in [0.29, 0.717) is 30.9 Å². The molecule has 2 bridgehead atoms. The van der Waals surface area contributed by atoms with Crippen LogP contribution in [0.1, 0.15) is 66.7 Å². The summed E-state index contributed by atoms with van der Waals surface area (Å²) in [6, 6.07) is 9.94. The minimum absolute atomic E-state index is 0.0544. The van der Waals surface area contributed by atoms with Crippen molar-refractivity contribution < 1.29 is 14.3 Å². The van der Waals surface area contributed by atoms with Gasteiger partial charge in [0.25, 0.3) is 5.91 Å². The highest BCUT2D eigenvalue weighted by Crippen LogP contribution is 2.52. The monoisotopic (exact) mass is 405 g/mol. The number of aromatic nitrogens is 2. The first kappa shape index (κ1) is 19.2. The lowest BCUT2D eigenvalue weighted by Crippen LogP contribution is -2.47. The number of hydrogen-bond donors (Lipinski definition) is 0. The van der Waals surface area contributed by atoms with Crippen molar-refractivity contribution in [1.82, 2.24) is 14.9 Å². The molecular formula is C24H27N3O3. The van der Waals surface area contributed by atoms with E-state index in [1.165, 1.54) is 0 Å². The number of benzene rings is 1. The van der Waals surface area contributed by atoms with Crippen LogP contribution in [0.2, 0.25) is 0 Å². The van der Waals surface area contributed by atoms with Crippen LogP contribution in [0.15, 0.2) is 42.7 Å². The van der Waals surface area contributed by atoms with Crippen LogP contribution in [0, 0.1) is 5.41 Å². The van der Waals surface area contributed by atoms with Crippen LogP contribution >= 0.6 is 0 Å². The minimum atomic E-state index is -0.690. The molecule has 30 heavy (non-hydrogen) atoms. The van der Waals surface area contributed by atoms with Gasteiger partial charge in [0, 0.05) is 30.4 Å². The molecule has 1 saturated carbocycles. The fourth-order valence-electron chi connectivity index (χ4n) is 5.36.